The van der Waals surface area contributed by atoms with Crippen molar-refractivity contribution in [3.8, 4) is 11.5 Å². The highest BCUT2D eigenvalue weighted by Crippen LogP contribution is 2.50. The smallest absolute Gasteiger partial charge is 0.235 e. The third-order valence-corrected chi connectivity index (χ3v) is 4.32. The van der Waals surface area contributed by atoms with Gasteiger partial charge in [-0.05, 0) is 42.7 Å². The number of halogens is 2. The van der Waals surface area contributed by atoms with Crippen LogP contribution in [0.1, 0.15) is 18.4 Å². The number of hydrogen-bond acceptors (Lipinski definition) is 3. The lowest BCUT2D eigenvalue weighted by Crippen LogP contribution is -2.28. The van der Waals surface area contributed by atoms with Crippen LogP contribution in [0.3, 0.4) is 0 Å². The fourth-order valence-corrected chi connectivity index (χ4v) is 2.76. The Balaban J connectivity index is 1.90. The van der Waals surface area contributed by atoms with Gasteiger partial charge in [0.05, 0.1) is 19.6 Å². The van der Waals surface area contributed by atoms with Crippen molar-refractivity contribution < 1.29 is 23.0 Å². The third-order valence-electron chi connectivity index (χ3n) is 4.32. The standard InChI is InChI=1S/C18H17F2NO3/c1-23-14-7-6-11(10-15(14)24-2)18(8-9-18)17(22)21-16-12(19)4-3-5-13(16)20/h3-7,10H,8-9H2,1-2H3,(H,21,22). The van der Waals surface area contributed by atoms with Gasteiger partial charge in [-0.2, -0.15) is 0 Å². The van der Waals surface area contributed by atoms with Gasteiger partial charge in [-0.3, -0.25) is 4.79 Å². The minimum atomic E-state index is -0.800. The van der Waals surface area contributed by atoms with Crippen molar-refractivity contribution in [1.82, 2.24) is 0 Å². The highest BCUT2D eigenvalue weighted by Gasteiger charge is 2.51. The van der Waals surface area contributed by atoms with Gasteiger partial charge in [-0.1, -0.05) is 12.1 Å². The number of para-hydroxylation sites is 1. The van der Waals surface area contributed by atoms with Crippen LogP contribution < -0.4 is 14.8 Å². The predicted molar refractivity (Wildman–Crippen MR) is 85.4 cm³/mol. The summed E-state index contributed by atoms with van der Waals surface area (Å²) in [5, 5.41) is 2.38. The first-order valence-corrected chi connectivity index (χ1v) is 7.50. The fourth-order valence-electron chi connectivity index (χ4n) is 2.76. The average Bonchev–Trinajstić information content (AvgIpc) is 3.39. The molecule has 126 valence electrons. The van der Waals surface area contributed by atoms with E-state index in [-0.39, 0.29) is 0 Å². The second-order valence-corrected chi connectivity index (χ2v) is 5.70. The lowest BCUT2D eigenvalue weighted by molar-refractivity contribution is -0.118. The molecular formula is C18H17F2NO3. The second kappa shape index (κ2) is 6.11. The summed E-state index contributed by atoms with van der Waals surface area (Å²) in [4.78, 5) is 12.6. The summed E-state index contributed by atoms with van der Waals surface area (Å²) >= 11 is 0. The van der Waals surface area contributed by atoms with Crippen LogP contribution in [0, 0.1) is 11.6 Å². The predicted octanol–water partition coefficient (Wildman–Crippen LogP) is 3.65. The van der Waals surface area contributed by atoms with Crippen molar-refractivity contribution in [2.75, 3.05) is 19.5 Å². The monoisotopic (exact) mass is 333 g/mol. The Morgan fingerprint density at radius 3 is 2.21 bits per heavy atom. The van der Waals surface area contributed by atoms with Crippen molar-refractivity contribution in [2.45, 2.75) is 18.3 Å². The molecule has 1 fully saturated rings. The second-order valence-electron chi connectivity index (χ2n) is 5.70. The van der Waals surface area contributed by atoms with Gasteiger partial charge in [0.15, 0.2) is 11.5 Å². The van der Waals surface area contributed by atoms with Crippen LogP contribution in [0.5, 0.6) is 11.5 Å². The Hall–Kier alpha value is -2.63. The first-order chi connectivity index (χ1) is 11.5. The van der Waals surface area contributed by atoms with E-state index < -0.39 is 28.6 Å². The molecule has 1 aliphatic rings. The minimum Gasteiger partial charge on any atom is -0.493 e. The Bertz CT molecular complexity index is 768. The molecule has 0 atom stereocenters. The molecule has 0 radical (unpaired) electrons. The molecule has 1 aliphatic carbocycles. The van der Waals surface area contributed by atoms with E-state index in [1.165, 1.54) is 20.3 Å². The third kappa shape index (κ3) is 2.68. The molecule has 2 aromatic rings. The normalized spacial score (nSPS) is 14.8. The van der Waals surface area contributed by atoms with Gasteiger partial charge in [0.25, 0.3) is 0 Å². The van der Waals surface area contributed by atoms with E-state index in [4.69, 9.17) is 9.47 Å². The summed E-state index contributed by atoms with van der Waals surface area (Å²) in [6, 6.07) is 8.67. The molecule has 0 aromatic heterocycles. The van der Waals surface area contributed by atoms with E-state index in [9.17, 15) is 13.6 Å². The van der Waals surface area contributed by atoms with Gasteiger partial charge in [0.2, 0.25) is 5.91 Å². The van der Waals surface area contributed by atoms with E-state index in [0.29, 0.717) is 24.3 Å². The molecule has 3 rings (SSSR count). The van der Waals surface area contributed by atoms with E-state index >= 15 is 0 Å². The molecule has 1 saturated carbocycles. The van der Waals surface area contributed by atoms with Crippen LogP contribution in [0.2, 0.25) is 0 Å². The van der Waals surface area contributed by atoms with Crippen LogP contribution in [0.15, 0.2) is 36.4 Å². The number of hydrogen-bond donors (Lipinski definition) is 1. The number of rotatable bonds is 5. The van der Waals surface area contributed by atoms with E-state index in [1.54, 1.807) is 18.2 Å². The lowest BCUT2D eigenvalue weighted by Gasteiger charge is -2.18. The zero-order valence-corrected chi connectivity index (χ0v) is 13.4. The maximum atomic E-state index is 13.7. The Kier molecular flexibility index (Phi) is 4.13. The number of methoxy groups -OCH3 is 2. The summed E-state index contributed by atoms with van der Waals surface area (Å²) in [5.74, 6) is -0.972. The van der Waals surface area contributed by atoms with Crippen LogP contribution in [-0.2, 0) is 10.2 Å². The number of anilines is 1. The van der Waals surface area contributed by atoms with Crippen molar-refractivity contribution in [3.63, 3.8) is 0 Å². The van der Waals surface area contributed by atoms with Crippen molar-refractivity contribution in [3.05, 3.63) is 53.6 Å². The van der Waals surface area contributed by atoms with Gasteiger partial charge in [-0.25, -0.2) is 8.78 Å². The zero-order chi connectivity index (χ0) is 17.3. The molecule has 0 spiro atoms. The van der Waals surface area contributed by atoms with Crippen LogP contribution in [-0.4, -0.2) is 20.1 Å². The minimum absolute atomic E-state index is 0.422. The highest BCUT2D eigenvalue weighted by molar-refractivity contribution is 6.01. The van der Waals surface area contributed by atoms with E-state index in [1.807, 2.05) is 0 Å². The van der Waals surface area contributed by atoms with Gasteiger partial charge in [0.1, 0.15) is 17.3 Å². The number of ether oxygens (including phenoxy) is 2. The molecule has 0 saturated heterocycles. The molecule has 0 heterocycles. The van der Waals surface area contributed by atoms with Gasteiger partial charge >= 0.3 is 0 Å². The molecule has 0 bridgehead atoms. The summed E-state index contributed by atoms with van der Waals surface area (Å²) < 4.78 is 37.9. The Morgan fingerprint density at radius 2 is 1.67 bits per heavy atom. The maximum Gasteiger partial charge on any atom is 0.235 e. The molecular weight excluding hydrogens is 316 g/mol. The van der Waals surface area contributed by atoms with Gasteiger partial charge in [0, 0.05) is 0 Å². The topological polar surface area (TPSA) is 47.6 Å². The molecule has 0 aliphatic heterocycles. The summed E-state index contributed by atoms with van der Waals surface area (Å²) in [6.07, 6.45) is 1.20. The molecule has 1 N–H and O–H groups in total. The largest absolute Gasteiger partial charge is 0.493 e. The number of nitrogens with one attached hydrogen (secondary N) is 1. The number of benzene rings is 2. The van der Waals surface area contributed by atoms with Gasteiger partial charge in [-0.15, -0.1) is 0 Å². The average molecular weight is 333 g/mol. The summed E-state index contributed by atoms with van der Waals surface area (Å²) in [6.45, 7) is 0. The molecule has 24 heavy (non-hydrogen) atoms. The number of carbonyl (C=O) groups is 1. The van der Waals surface area contributed by atoms with Crippen molar-refractivity contribution >= 4 is 11.6 Å². The molecule has 6 heteroatoms. The van der Waals surface area contributed by atoms with Gasteiger partial charge < -0.3 is 14.8 Å². The summed E-state index contributed by atoms with van der Waals surface area (Å²) in [7, 11) is 3.04. The first kappa shape index (κ1) is 16.2. The van der Waals surface area contributed by atoms with Crippen LogP contribution in [0.25, 0.3) is 0 Å². The number of amides is 1. The van der Waals surface area contributed by atoms with Crippen LogP contribution >= 0.6 is 0 Å². The number of carbonyl (C=O) groups excluding carboxylic acids is 1. The summed E-state index contributed by atoms with van der Waals surface area (Å²) in [5.41, 5.74) is -0.488. The van der Waals surface area contributed by atoms with Crippen molar-refractivity contribution in [2.24, 2.45) is 0 Å². The van der Waals surface area contributed by atoms with E-state index in [0.717, 1.165) is 17.7 Å². The quantitative estimate of drug-likeness (QED) is 0.908. The van der Waals surface area contributed by atoms with Crippen LogP contribution in [0.4, 0.5) is 14.5 Å². The zero-order valence-electron chi connectivity index (χ0n) is 13.4. The fraction of sp³-hybridized carbons (Fsp3) is 0.278. The molecule has 4 nitrogen and oxygen atoms in total. The first-order valence-electron chi connectivity index (χ1n) is 7.50. The highest BCUT2D eigenvalue weighted by atomic mass is 19.1. The lowest BCUT2D eigenvalue weighted by atomic mass is 9.94. The Morgan fingerprint density at radius 1 is 1.04 bits per heavy atom. The molecule has 1 amide bonds. The Labute approximate surface area is 138 Å². The maximum absolute atomic E-state index is 13.7. The van der Waals surface area contributed by atoms with E-state index in [2.05, 4.69) is 5.32 Å². The van der Waals surface area contributed by atoms with Crippen molar-refractivity contribution in [1.29, 1.82) is 0 Å². The molecule has 0 unspecified atom stereocenters. The SMILES string of the molecule is COc1ccc(C2(C(=O)Nc3c(F)cccc3F)CC2)cc1OC. The molecule has 2 aromatic carbocycles.